The van der Waals surface area contributed by atoms with Crippen LogP contribution in [0, 0.1) is 0 Å². The molecule has 0 spiro atoms. The molecule has 0 unspecified atom stereocenters. The van der Waals surface area contributed by atoms with E-state index in [4.69, 9.17) is 10.3 Å². The van der Waals surface area contributed by atoms with Gasteiger partial charge in [0.15, 0.2) is 0 Å². The molecule has 0 radical (unpaired) electrons. The van der Waals surface area contributed by atoms with Crippen LogP contribution in [0.5, 0.6) is 0 Å². The van der Waals surface area contributed by atoms with Gasteiger partial charge in [-0.2, -0.15) is 0 Å². The van der Waals surface area contributed by atoms with Gasteiger partial charge in [0.2, 0.25) is 5.91 Å². The fourth-order valence-electron chi connectivity index (χ4n) is 1.05. The average Bonchev–Trinajstić information content (AvgIpc) is 2.13. The molecule has 108 valence electrons. The van der Waals surface area contributed by atoms with Crippen molar-refractivity contribution in [2.24, 2.45) is 5.11 Å². The number of esters is 1. The van der Waals surface area contributed by atoms with Gasteiger partial charge in [-0.15, -0.1) is 0 Å². The Morgan fingerprint density at radius 1 is 1.11 bits per heavy atom. The molecule has 1 amide bonds. The van der Waals surface area contributed by atoms with E-state index in [0.29, 0.717) is 0 Å². The first kappa shape index (κ1) is 17.2. The third kappa shape index (κ3) is 5.61. The van der Waals surface area contributed by atoms with Gasteiger partial charge in [0.05, 0.1) is 0 Å². The van der Waals surface area contributed by atoms with Crippen molar-refractivity contribution in [2.45, 2.75) is 65.1 Å². The Morgan fingerprint density at radius 3 is 1.95 bits per heavy atom. The fraction of sp³-hybridized carbons (Fsp3) is 0.833. The van der Waals surface area contributed by atoms with Gasteiger partial charge in [-0.25, -0.2) is 4.79 Å². The van der Waals surface area contributed by atoms with E-state index in [9.17, 15) is 9.59 Å². The van der Waals surface area contributed by atoms with Crippen LogP contribution in [0.3, 0.4) is 0 Å². The molecule has 1 N–H and O–H groups in total. The normalized spacial score (nSPS) is 12.4. The maximum absolute atomic E-state index is 12.0. The minimum absolute atomic E-state index is 0.541. The predicted molar refractivity (Wildman–Crippen MR) is 71.3 cm³/mol. The largest absolute Gasteiger partial charge is 0.458 e. The molecule has 7 nitrogen and oxygen atoms in total. The first-order chi connectivity index (χ1) is 8.32. The summed E-state index contributed by atoms with van der Waals surface area (Å²) in [6.45, 7) is 11.2. The minimum Gasteiger partial charge on any atom is -0.458 e. The van der Waals surface area contributed by atoms with E-state index in [0.717, 1.165) is 0 Å². The van der Waals surface area contributed by atoms with E-state index in [1.807, 2.05) is 0 Å². The zero-order valence-corrected chi connectivity index (χ0v) is 12.6. The van der Waals surface area contributed by atoms with Crippen molar-refractivity contribution >= 4 is 11.9 Å². The molecule has 0 saturated carbocycles. The molecule has 0 aliphatic rings. The van der Waals surface area contributed by atoms with Crippen molar-refractivity contribution < 1.29 is 14.3 Å². The van der Waals surface area contributed by atoms with Crippen LogP contribution >= 0.6 is 0 Å². The molecule has 0 bridgehead atoms. The van der Waals surface area contributed by atoms with Crippen molar-refractivity contribution in [2.75, 3.05) is 0 Å². The monoisotopic (exact) mass is 270 g/mol. The highest BCUT2D eigenvalue weighted by molar-refractivity contribution is 5.92. The van der Waals surface area contributed by atoms with E-state index in [1.165, 1.54) is 27.7 Å². The summed E-state index contributed by atoms with van der Waals surface area (Å²) in [5.41, 5.74) is 5.29. The highest BCUT2D eigenvalue weighted by atomic mass is 16.6. The summed E-state index contributed by atoms with van der Waals surface area (Å²) in [6.07, 6.45) is 0. The van der Waals surface area contributed by atoms with Gasteiger partial charge >= 0.3 is 5.97 Å². The molecule has 0 fully saturated rings. The lowest BCUT2D eigenvalue weighted by Crippen LogP contribution is -2.56. The van der Waals surface area contributed by atoms with Crippen molar-refractivity contribution in [3.05, 3.63) is 10.4 Å². The Bertz CT molecular complexity index is 415. The number of ether oxygens (including phenoxy) is 1. The van der Waals surface area contributed by atoms with Gasteiger partial charge in [0.1, 0.15) is 16.7 Å². The number of nitrogens with zero attached hydrogens (tertiary/aromatic N) is 3. The molecule has 0 heterocycles. The molecule has 0 aromatic heterocycles. The van der Waals surface area contributed by atoms with Crippen LogP contribution < -0.4 is 5.32 Å². The SMILES string of the molecule is CC(C)(C)OC(=O)C(C)(C)NC(=O)C(C)(C)N=[N+]=[N-]. The lowest BCUT2D eigenvalue weighted by molar-refractivity contribution is -0.163. The molecule has 0 atom stereocenters. The Balaban J connectivity index is 4.92. The number of rotatable bonds is 4. The summed E-state index contributed by atoms with van der Waals surface area (Å²) in [6, 6.07) is 0. The highest BCUT2D eigenvalue weighted by Gasteiger charge is 2.37. The minimum atomic E-state index is -1.27. The summed E-state index contributed by atoms with van der Waals surface area (Å²) in [7, 11) is 0. The lowest BCUT2D eigenvalue weighted by atomic mass is 10.0. The van der Waals surface area contributed by atoms with E-state index >= 15 is 0 Å². The summed E-state index contributed by atoms with van der Waals surface area (Å²) < 4.78 is 5.22. The number of amides is 1. The maximum atomic E-state index is 12.0. The Labute approximate surface area is 113 Å². The van der Waals surface area contributed by atoms with Crippen molar-refractivity contribution in [1.82, 2.24) is 5.32 Å². The van der Waals surface area contributed by atoms with Crippen LogP contribution in [0.4, 0.5) is 0 Å². The quantitative estimate of drug-likeness (QED) is 0.367. The summed E-state index contributed by atoms with van der Waals surface area (Å²) in [4.78, 5) is 26.5. The van der Waals surface area contributed by atoms with Crippen LogP contribution in [0.15, 0.2) is 5.11 Å². The van der Waals surface area contributed by atoms with Crippen LogP contribution in [-0.4, -0.2) is 28.6 Å². The third-order valence-electron chi connectivity index (χ3n) is 2.19. The van der Waals surface area contributed by atoms with Crippen molar-refractivity contribution in [1.29, 1.82) is 0 Å². The highest BCUT2D eigenvalue weighted by Crippen LogP contribution is 2.16. The number of hydrogen-bond donors (Lipinski definition) is 1. The summed E-state index contributed by atoms with van der Waals surface area (Å²) in [5.74, 6) is -1.09. The van der Waals surface area contributed by atoms with Crippen LogP contribution in [-0.2, 0) is 14.3 Å². The van der Waals surface area contributed by atoms with Crippen molar-refractivity contribution in [3.63, 3.8) is 0 Å². The molecular weight excluding hydrogens is 248 g/mol. The van der Waals surface area contributed by atoms with Gasteiger partial charge < -0.3 is 10.1 Å². The second kappa shape index (κ2) is 5.48. The third-order valence-corrected chi connectivity index (χ3v) is 2.19. The first-order valence-corrected chi connectivity index (χ1v) is 5.94. The molecule has 7 heteroatoms. The molecule has 0 aromatic carbocycles. The van der Waals surface area contributed by atoms with Crippen LogP contribution in [0.25, 0.3) is 10.4 Å². The number of nitrogens with one attached hydrogen (secondary N) is 1. The molecule has 19 heavy (non-hydrogen) atoms. The smallest absolute Gasteiger partial charge is 0.331 e. The van der Waals surface area contributed by atoms with E-state index in [-0.39, 0.29) is 0 Å². The maximum Gasteiger partial charge on any atom is 0.331 e. The lowest BCUT2D eigenvalue weighted by Gasteiger charge is -2.31. The van der Waals surface area contributed by atoms with Gasteiger partial charge in [-0.1, -0.05) is 5.11 Å². The molecule has 0 saturated heterocycles. The van der Waals surface area contributed by atoms with Crippen LogP contribution in [0.2, 0.25) is 0 Å². The predicted octanol–water partition coefficient (Wildman–Crippen LogP) is 2.31. The fourth-order valence-corrected chi connectivity index (χ4v) is 1.05. The standard InChI is InChI=1S/C12H22N4O3/c1-10(2,3)19-9(18)12(6,7)14-8(17)11(4,5)15-16-13/h1-7H3,(H,14,17). The van der Waals surface area contributed by atoms with Gasteiger partial charge in [-0.3, -0.25) is 4.79 Å². The molecular formula is C12H22N4O3. The second-order valence-electron chi connectivity index (χ2n) is 6.33. The number of hydrogen-bond acceptors (Lipinski definition) is 4. The average molecular weight is 270 g/mol. The topological polar surface area (TPSA) is 104 Å². The van der Waals surface area contributed by atoms with E-state index < -0.39 is 28.6 Å². The number of carbonyl (C=O) groups is 2. The zero-order chi connectivity index (χ0) is 15.5. The molecule has 0 aromatic rings. The van der Waals surface area contributed by atoms with Crippen LogP contribution in [0.1, 0.15) is 48.5 Å². The Kier molecular flexibility index (Phi) is 4.98. The molecule has 0 aliphatic heterocycles. The van der Waals surface area contributed by atoms with Gasteiger partial charge in [0, 0.05) is 4.91 Å². The molecule has 0 rings (SSSR count). The summed E-state index contributed by atoms with van der Waals surface area (Å²) >= 11 is 0. The van der Waals surface area contributed by atoms with Gasteiger partial charge in [-0.05, 0) is 54.0 Å². The van der Waals surface area contributed by atoms with E-state index in [2.05, 4.69) is 15.3 Å². The Morgan fingerprint density at radius 2 is 1.58 bits per heavy atom. The second-order valence-corrected chi connectivity index (χ2v) is 6.33. The molecule has 0 aliphatic carbocycles. The Hall–Kier alpha value is -1.75. The zero-order valence-electron chi connectivity index (χ0n) is 12.6. The van der Waals surface area contributed by atoms with E-state index in [1.54, 1.807) is 20.8 Å². The number of azide groups is 1. The van der Waals surface area contributed by atoms with Crippen molar-refractivity contribution in [3.8, 4) is 0 Å². The summed E-state index contributed by atoms with van der Waals surface area (Å²) in [5, 5.41) is 5.92. The number of carbonyl (C=O) groups excluding carboxylic acids is 2. The van der Waals surface area contributed by atoms with Gasteiger partial charge in [0.25, 0.3) is 0 Å². The first-order valence-electron chi connectivity index (χ1n) is 5.94.